The van der Waals surface area contributed by atoms with E-state index in [4.69, 9.17) is 4.18 Å². The van der Waals surface area contributed by atoms with Gasteiger partial charge in [0.1, 0.15) is 4.90 Å². The molecule has 0 bridgehead atoms. The van der Waals surface area contributed by atoms with Crippen molar-refractivity contribution in [2.45, 2.75) is 36.7 Å². The first-order valence-corrected chi connectivity index (χ1v) is 7.58. The lowest BCUT2D eigenvalue weighted by molar-refractivity contribution is 0.248. The van der Waals surface area contributed by atoms with E-state index in [1.165, 1.54) is 11.8 Å². The van der Waals surface area contributed by atoms with Crippen LogP contribution in [0.5, 0.6) is 0 Å². The number of rotatable bonds is 4. The van der Waals surface area contributed by atoms with E-state index >= 15 is 0 Å². The summed E-state index contributed by atoms with van der Waals surface area (Å²) in [5.74, 6) is 0. The Morgan fingerprint density at radius 1 is 1.31 bits per heavy atom. The molecular formula is C11H16O3S2. The van der Waals surface area contributed by atoms with Crippen LogP contribution in [0.2, 0.25) is 0 Å². The average molecular weight is 260 g/mol. The fourth-order valence-corrected chi connectivity index (χ4v) is 3.91. The predicted molar refractivity (Wildman–Crippen MR) is 66.4 cm³/mol. The Labute approximate surface area is 101 Å². The predicted octanol–water partition coefficient (Wildman–Crippen LogP) is 2.83. The minimum Gasteiger partial charge on any atom is -0.264 e. The molecule has 0 heterocycles. The smallest absolute Gasteiger partial charge is 0.264 e. The molecule has 1 aromatic carbocycles. The van der Waals surface area contributed by atoms with Crippen molar-refractivity contribution in [3.63, 3.8) is 0 Å². The maximum Gasteiger partial charge on any atom is 0.298 e. The summed E-state index contributed by atoms with van der Waals surface area (Å²) in [5.41, 5.74) is 0.715. The van der Waals surface area contributed by atoms with Crippen LogP contribution in [0.1, 0.15) is 19.4 Å². The highest BCUT2D eigenvalue weighted by atomic mass is 32.2. The van der Waals surface area contributed by atoms with Crippen molar-refractivity contribution in [2.75, 3.05) is 6.26 Å². The minimum atomic E-state index is -3.65. The molecule has 1 rings (SSSR count). The fraction of sp³-hybridized carbons (Fsp3) is 0.455. The Balaban J connectivity index is 3.32. The summed E-state index contributed by atoms with van der Waals surface area (Å²) >= 11 is 1.40. The van der Waals surface area contributed by atoms with Gasteiger partial charge in [0.2, 0.25) is 0 Å². The fourth-order valence-electron chi connectivity index (χ4n) is 1.41. The van der Waals surface area contributed by atoms with E-state index in [1.807, 2.05) is 12.3 Å². The van der Waals surface area contributed by atoms with Crippen LogP contribution in [0.3, 0.4) is 0 Å². The van der Waals surface area contributed by atoms with Crippen LogP contribution >= 0.6 is 11.8 Å². The molecule has 3 nitrogen and oxygen atoms in total. The van der Waals surface area contributed by atoms with E-state index in [9.17, 15) is 8.42 Å². The first-order valence-electron chi connectivity index (χ1n) is 4.95. The van der Waals surface area contributed by atoms with Gasteiger partial charge in [-0.25, -0.2) is 0 Å². The molecule has 0 aliphatic heterocycles. The molecule has 0 N–H and O–H groups in total. The van der Waals surface area contributed by atoms with Gasteiger partial charge in [-0.1, -0.05) is 12.1 Å². The second-order valence-electron chi connectivity index (χ2n) is 3.71. The summed E-state index contributed by atoms with van der Waals surface area (Å²) < 4.78 is 29.0. The summed E-state index contributed by atoms with van der Waals surface area (Å²) in [6.07, 6.45) is 1.50. The van der Waals surface area contributed by atoms with E-state index < -0.39 is 10.1 Å². The molecule has 90 valence electrons. The van der Waals surface area contributed by atoms with Crippen LogP contribution in [0.4, 0.5) is 0 Å². The van der Waals surface area contributed by atoms with Crippen molar-refractivity contribution in [2.24, 2.45) is 0 Å². The van der Waals surface area contributed by atoms with Crippen LogP contribution in [0.15, 0.2) is 28.0 Å². The highest BCUT2D eigenvalue weighted by Crippen LogP contribution is 2.29. The highest BCUT2D eigenvalue weighted by molar-refractivity contribution is 7.99. The molecule has 0 aliphatic rings. The lowest BCUT2D eigenvalue weighted by Gasteiger charge is -2.13. The average Bonchev–Trinajstić information content (AvgIpc) is 2.14. The zero-order valence-corrected chi connectivity index (χ0v) is 11.5. The van der Waals surface area contributed by atoms with Gasteiger partial charge in [0.25, 0.3) is 10.1 Å². The van der Waals surface area contributed by atoms with E-state index in [2.05, 4.69) is 0 Å². The van der Waals surface area contributed by atoms with Gasteiger partial charge in [-0.15, -0.1) is 11.8 Å². The van der Waals surface area contributed by atoms with Gasteiger partial charge in [-0.05, 0) is 38.7 Å². The van der Waals surface area contributed by atoms with Gasteiger partial charge in [0.15, 0.2) is 0 Å². The van der Waals surface area contributed by atoms with E-state index in [-0.39, 0.29) is 11.0 Å². The highest BCUT2D eigenvalue weighted by Gasteiger charge is 2.22. The third-order valence-corrected chi connectivity index (χ3v) is 4.55. The molecule has 0 atom stereocenters. The summed E-state index contributed by atoms with van der Waals surface area (Å²) in [4.78, 5) is 1.01. The molecule has 0 saturated carbocycles. The molecule has 0 spiro atoms. The Morgan fingerprint density at radius 3 is 2.44 bits per heavy atom. The van der Waals surface area contributed by atoms with Gasteiger partial charge in [-0.3, -0.25) is 4.18 Å². The second kappa shape index (κ2) is 5.21. The van der Waals surface area contributed by atoms with Gasteiger partial charge in [0.05, 0.1) is 6.10 Å². The van der Waals surface area contributed by atoms with Gasteiger partial charge < -0.3 is 0 Å². The first kappa shape index (κ1) is 13.5. The monoisotopic (exact) mass is 260 g/mol. The molecule has 0 fully saturated rings. The summed E-state index contributed by atoms with van der Waals surface area (Å²) in [6, 6.07) is 5.40. The second-order valence-corrected chi connectivity index (χ2v) is 6.06. The number of hydrogen-bond acceptors (Lipinski definition) is 4. The van der Waals surface area contributed by atoms with Crippen molar-refractivity contribution in [3.05, 3.63) is 23.8 Å². The van der Waals surface area contributed by atoms with Crippen LogP contribution in [0.25, 0.3) is 0 Å². The summed E-state index contributed by atoms with van der Waals surface area (Å²) in [5, 5.41) is 0. The van der Waals surface area contributed by atoms with Crippen LogP contribution < -0.4 is 0 Å². The zero-order chi connectivity index (χ0) is 12.3. The Bertz CT molecular complexity index is 464. The van der Waals surface area contributed by atoms with Gasteiger partial charge in [0, 0.05) is 4.90 Å². The number of hydrogen-bond donors (Lipinski definition) is 0. The maximum absolute atomic E-state index is 12.0. The number of benzene rings is 1. The minimum absolute atomic E-state index is 0.288. The lowest BCUT2D eigenvalue weighted by Crippen LogP contribution is -2.14. The lowest BCUT2D eigenvalue weighted by atomic mass is 10.2. The normalized spacial score (nSPS) is 12.1. The molecule has 5 heteroatoms. The maximum atomic E-state index is 12.0. The summed E-state index contributed by atoms with van der Waals surface area (Å²) in [7, 11) is -3.65. The van der Waals surface area contributed by atoms with Crippen LogP contribution in [0, 0.1) is 6.92 Å². The molecule has 0 amide bonds. The van der Waals surface area contributed by atoms with E-state index in [0.29, 0.717) is 5.56 Å². The first-order chi connectivity index (χ1) is 7.38. The van der Waals surface area contributed by atoms with Crippen LogP contribution in [-0.4, -0.2) is 20.8 Å². The molecule has 16 heavy (non-hydrogen) atoms. The Kier molecular flexibility index (Phi) is 4.41. The number of thioether (sulfide) groups is 1. The van der Waals surface area contributed by atoms with Crippen LogP contribution in [-0.2, 0) is 14.3 Å². The zero-order valence-electron chi connectivity index (χ0n) is 9.85. The third kappa shape index (κ3) is 2.99. The molecule has 0 saturated heterocycles. The van der Waals surface area contributed by atoms with E-state index in [0.717, 1.165) is 4.90 Å². The van der Waals surface area contributed by atoms with Crippen molar-refractivity contribution in [1.29, 1.82) is 0 Å². The molecular weight excluding hydrogens is 244 g/mol. The standard InChI is InChI=1S/C11H16O3S2/c1-8(2)14-16(12,13)11-9(3)6-5-7-10(11)15-4/h5-8H,1-4H3. The van der Waals surface area contributed by atoms with Gasteiger partial charge >= 0.3 is 0 Å². The van der Waals surface area contributed by atoms with Gasteiger partial charge in [-0.2, -0.15) is 8.42 Å². The van der Waals surface area contributed by atoms with Crippen molar-refractivity contribution >= 4 is 21.9 Å². The molecule has 0 aromatic heterocycles. The Hall–Kier alpha value is -0.520. The summed E-state index contributed by atoms with van der Waals surface area (Å²) in [6.45, 7) is 5.18. The van der Waals surface area contributed by atoms with Crippen molar-refractivity contribution < 1.29 is 12.6 Å². The van der Waals surface area contributed by atoms with Crippen molar-refractivity contribution in [3.8, 4) is 0 Å². The molecule has 0 aliphatic carbocycles. The number of aryl methyl sites for hydroxylation is 1. The molecule has 0 radical (unpaired) electrons. The topological polar surface area (TPSA) is 43.4 Å². The van der Waals surface area contributed by atoms with E-state index in [1.54, 1.807) is 32.9 Å². The van der Waals surface area contributed by atoms with Crippen molar-refractivity contribution in [1.82, 2.24) is 0 Å². The quantitative estimate of drug-likeness (QED) is 0.617. The largest absolute Gasteiger partial charge is 0.298 e. The SMILES string of the molecule is CSc1cccc(C)c1S(=O)(=O)OC(C)C. The Morgan fingerprint density at radius 2 is 1.94 bits per heavy atom. The molecule has 1 aromatic rings. The third-order valence-electron chi connectivity index (χ3n) is 1.96. The molecule has 0 unspecified atom stereocenters.